The van der Waals surface area contributed by atoms with E-state index in [1.54, 1.807) is 14.2 Å². The topological polar surface area (TPSA) is 57.0 Å². The molecule has 2 N–H and O–H groups in total. The minimum Gasteiger partial charge on any atom is -0.493 e. The molecular formula is C20H28N2O3. The smallest absolute Gasteiger partial charge is 0.168 e. The molecule has 5 nitrogen and oxygen atoms in total. The second-order valence-corrected chi connectivity index (χ2v) is 6.27. The number of nitrogens with zero attached hydrogens (tertiary/aromatic N) is 1. The van der Waals surface area contributed by atoms with Crippen molar-refractivity contribution >= 4 is 0 Å². The van der Waals surface area contributed by atoms with Gasteiger partial charge >= 0.3 is 0 Å². The highest BCUT2D eigenvalue weighted by Gasteiger charge is 2.15. The predicted octanol–water partition coefficient (Wildman–Crippen LogP) is 3.33. The van der Waals surface area contributed by atoms with Crippen molar-refractivity contribution in [1.29, 1.82) is 0 Å². The molecule has 2 rings (SSSR count). The van der Waals surface area contributed by atoms with Gasteiger partial charge in [-0.15, -0.1) is 0 Å². The van der Waals surface area contributed by atoms with Crippen LogP contribution in [0.5, 0.6) is 17.2 Å². The van der Waals surface area contributed by atoms with Crippen LogP contribution in [0.4, 0.5) is 0 Å². The van der Waals surface area contributed by atoms with Gasteiger partial charge in [-0.3, -0.25) is 0 Å². The van der Waals surface area contributed by atoms with Gasteiger partial charge in [0.2, 0.25) is 0 Å². The third-order valence-electron chi connectivity index (χ3n) is 4.00. The van der Waals surface area contributed by atoms with E-state index in [9.17, 15) is 0 Å². The summed E-state index contributed by atoms with van der Waals surface area (Å²) >= 11 is 0. The van der Waals surface area contributed by atoms with Crippen LogP contribution in [0.2, 0.25) is 0 Å². The van der Waals surface area contributed by atoms with Gasteiger partial charge in [0.25, 0.3) is 0 Å². The van der Waals surface area contributed by atoms with E-state index in [0.29, 0.717) is 18.1 Å². The van der Waals surface area contributed by atoms with Gasteiger partial charge in [0.05, 0.1) is 14.2 Å². The number of nitrogens with two attached hydrogens (primary N) is 1. The molecule has 0 spiro atoms. The Balaban J connectivity index is 2.32. The molecule has 0 bridgehead atoms. The standard InChI is InChI=1S/C20H28N2O3/c1-14(21)16-12-18(20(24-5)19(13-16)23-4)15-6-8-17(9-7-15)25-11-10-22(2)3/h6-9,12-14H,10-11,21H2,1-5H3. The molecule has 0 aliphatic heterocycles. The first-order valence-electron chi connectivity index (χ1n) is 8.35. The number of ether oxygens (including phenoxy) is 3. The van der Waals surface area contributed by atoms with Gasteiger partial charge in [-0.2, -0.15) is 0 Å². The first-order valence-corrected chi connectivity index (χ1v) is 8.35. The number of methoxy groups -OCH3 is 2. The van der Waals surface area contributed by atoms with Crippen LogP contribution < -0.4 is 19.9 Å². The summed E-state index contributed by atoms with van der Waals surface area (Å²) in [6.07, 6.45) is 0. The van der Waals surface area contributed by atoms with E-state index in [4.69, 9.17) is 19.9 Å². The summed E-state index contributed by atoms with van der Waals surface area (Å²) in [5.74, 6) is 2.23. The summed E-state index contributed by atoms with van der Waals surface area (Å²) in [5.41, 5.74) is 9.04. The molecule has 0 radical (unpaired) electrons. The van der Waals surface area contributed by atoms with Gasteiger partial charge < -0.3 is 24.8 Å². The zero-order valence-electron chi connectivity index (χ0n) is 15.7. The van der Waals surface area contributed by atoms with Gasteiger partial charge in [-0.05, 0) is 56.4 Å². The molecule has 0 heterocycles. The molecular weight excluding hydrogens is 316 g/mol. The first-order chi connectivity index (χ1) is 12.0. The zero-order valence-corrected chi connectivity index (χ0v) is 15.7. The number of benzene rings is 2. The van der Waals surface area contributed by atoms with E-state index >= 15 is 0 Å². The highest BCUT2D eigenvalue weighted by molar-refractivity contribution is 5.75. The summed E-state index contributed by atoms with van der Waals surface area (Å²) < 4.78 is 16.8. The molecule has 2 aromatic rings. The fraction of sp³-hybridized carbons (Fsp3) is 0.400. The largest absolute Gasteiger partial charge is 0.493 e. The second kappa shape index (κ2) is 8.74. The summed E-state index contributed by atoms with van der Waals surface area (Å²) in [6.45, 7) is 3.49. The van der Waals surface area contributed by atoms with Crippen molar-refractivity contribution in [3.8, 4) is 28.4 Å². The number of likely N-dealkylation sites (N-methyl/N-ethyl adjacent to an activating group) is 1. The van der Waals surface area contributed by atoms with Crippen LogP contribution in [0.3, 0.4) is 0 Å². The Hall–Kier alpha value is -2.24. The maximum Gasteiger partial charge on any atom is 0.168 e. The number of hydrogen-bond acceptors (Lipinski definition) is 5. The third-order valence-corrected chi connectivity index (χ3v) is 4.00. The highest BCUT2D eigenvalue weighted by Crippen LogP contribution is 2.40. The lowest BCUT2D eigenvalue weighted by molar-refractivity contribution is 0.261. The molecule has 1 atom stereocenters. The monoisotopic (exact) mass is 344 g/mol. The van der Waals surface area contributed by atoms with Crippen molar-refractivity contribution in [2.45, 2.75) is 13.0 Å². The Bertz CT molecular complexity index is 682. The van der Waals surface area contributed by atoms with E-state index in [0.717, 1.165) is 29.0 Å². The lowest BCUT2D eigenvalue weighted by atomic mass is 9.98. The lowest BCUT2D eigenvalue weighted by Gasteiger charge is -2.17. The maximum atomic E-state index is 6.06. The number of rotatable bonds is 8. The van der Waals surface area contributed by atoms with Crippen molar-refractivity contribution < 1.29 is 14.2 Å². The van der Waals surface area contributed by atoms with Gasteiger partial charge in [-0.1, -0.05) is 12.1 Å². The Morgan fingerprint density at radius 3 is 2.24 bits per heavy atom. The highest BCUT2D eigenvalue weighted by atomic mass is 16.5. The van der Waals surface area contributed by atoms with Gasteiger partial charge in [0.1, 0.15) is 12.4 Å². The van der Waals surface area contributed by atoms with Crippen LogP contribution in [0, 0.1) is 0 Å². The van der Waals surface area contributed by atoms with Crippen LogP contribution in [-0.4, -0.2) is 46.4 Å². The Kier molecular flexibility index (Phi) is 6.67. The van der Waals surface area contributed by atoms with Gasteiger partial charge in [0, 0.05) is 18.2 Å². The average Bonchev–Trinajstić information content (AvgIpc) is 2.60. The SMILES string of the molecule is COc1cc(C(C)N)cc(-c2ccc(OCCN(C)C)cc2)c1OC. The lowest BCUT2D eigenvalue weighted by Crippen LogP contribution is -2.19. The van der Waals surface area contributed by atoms with Crippen molar-refractivity contribution in [2.75, 3.05) is 41.5 Å². The van der Waals surface area contributed by atoms with E-state index in [-0.39, 0.29) is 6.04 Å². The first kappa shape index (κ1) is 19.1. The van der Waals surface area contributed by atoms with E-state index in [1.165, 1.54) is 0 Å². The van der Waals surface area contributed by atoms with E-state index in [2.05, 4.69) is 4.90 Å². The molecule has 0 aliphatic rings. The molecule has 25 heavy (non-hydrogen) atoms. The summed E-state index contributed by atoms with van der Waals surface area (Å²) in [6, 6.07) is 11.9. The molecule has 0 aromatic heterocycles. The Morgan fingerprint density at radius 1 is 1.04 bits per heavy atom. The molecule has 0 amide bonds. The number of hydrogen-bond donors (Lipinski definition) is 1. The van der Waals surface area contributed by atoms with Crippen molar-refractivity contribution in [1.82, 2.24) is 4.90 Å². The van der Waals surface area contributed by atoms with Gasteiger partial charge in [0.15, 0.2) is 11.5 Å². The van der Waals surface area contributed by atoms with Crippen LogP contribution in [0.1, 0.15) is 18.5 Å². The quantitative estimate of drug-likeness (QED) is 0.796. The molecule has 136 valence electrons. The van der Waals surface area contributed by atoms with Crippen LogP contribution in [0.15, 0.2) is 36.4 Å². The van der Waals surface area contributed by atoms with Crippen LogP contribution >= 0.6 is 0 Å². The van der Waals surface area contributed by atoms with E-state index in [1.807, 2.05) is 57.4 Å². The fourth-order valence-electron chi connectivity index (χ4n) is 2.54. The van der Waals surface area contributed by atoms with Crippen molar-refractivity contribution in [2.24, 2.45) is 5.73 Å². The van der Waals surface area contributed by atoms with Crippen molar-refractivity contribution in [3.63, 3.8) is 0 Å². The Morgan fingerprint density at radius 2 is 1.72 bits per heavy atom. The minimum atomic E-state index is -0.0906. The molecule has 2 aromatic carbocycles. The zero-order chi connectivity index (χ0) is 18.4. The van der Waals surface area contributed by atoms with Crippen molar-refractivity contribution in [3.05, 3.63) is 42.0 Å². The van der Waals surface area contributed by atoms with Gasteiger partial charge in [-0.25, -0.2) is 0 Å². The summed E-state index contributed by atoms with van der Waals surface area (Å²) in [7, 11) is 7.33. The fourth-order valence-corrected chi connectivity index (χ4v) is 2.54. The maximum absolute atomic E-state index is 6.06. The third kappa shape index (κ3) is 4.87. The molecule has 0 fully saturated rings. The molecule has 0 saturated heterocycles. The summed E-state index contributed by atoms with van der Waals surface area (Å²) in [4.78, 5) is 2.09. The average molecular weight is 344 g/mol. The van der Waals surface area contributed by atoms with E-state index < -0.39 is 0 Å². The Labute approximate surface area is 150 Å². The summed E-state index contributed by atoms with van der Waals surface area (Å²) in [5, 5.41) is 0. The van der Waals surface area contributed by atoms with Crippen LogP contribution in [-0.2, 0) is 0 Å². The predicted molar refractivity (Wildman–Crippen MR) is 102 cm³/mol. The second-order valence-electron chi connectivity index (χ2n) is 6.27. The molecule has 1 unspecified atom stereocenters. The molecule has 5 heteroatoms. The normalized spacial score (nSPS) is 12.1. The minimum absolute atomic E-state index is 0.0906. The molecule has 0 aliphatic carbocycles. The molecule has 0 saturated carbocycles. The van der Waals surface area contributed by atoms with Crippen LogP contribution in [0.25, 0.3) is 11.1 Å².